The molecule has 0 unspecified atom stereocenters. The zero-order chi connectivity index (χ0) is 15.9. The molecule has 0 aliphatic rings. The molecule has 0 spiro atoms. The number of aromatic nitrogens is 2. The summed E-state index contributed by atoms with van der Waals surface area (Å²) in [5, 5.41) is 5.89. The SMILES string of the molecule is CN(C)CCNc1nccc(C(=O)Nc2ccc(Br)cc2)n1. The lowest BCUT2D eigenvalue weighted by atomic mass is 10.3. The van der Waals surface area contributed by atoms with E-state index in [-0.39, 0.29) is 5.91 Å². The summed E-state index contributed by atoms with van der Waals surface area (Å²) >= 11 is 3.36. The van der Waals surface area contributed by atoms with E-state index in [4.69, 9.17) is 0 Å². The average molecular weight is 364 g/mol. The quantitative estimate of drug-likeness (QED) is 0.824. The number of halogens is 1. The van der Waals surface area contributed by atoms with Gasteiger partial charge in [0.15, 0.2) is 0 Å². The van der Waals surface area contributed by atoms with Gasteiger partial charge in [-0.05, 0) is 44.4 Å². The number of carbonyl (C=O) groups excluding carboxylic acids is 1. The topological polar surface area (TPSA) is 70.2 Å². The fourth-order valence-electron chi connectivity index (χ4n) is 1.69. The van der Waals surface area contributed by atoms with Crippen LogP contribution in [0.5, 0.6) is 0 Å². The summed E-state index contributed by atoms with van der Waals surface area (Å²) in [5.74, 6) is 0.186. The van der Waals surface area contributed by atoms with E-state index < -0.39 is 0 Å². The third-order valence-electron chi connectivity index (χ3n) is 2.83. The minimum Gasteiger partial charge on any atom is -0.353 e. The molecule has 1 heterocycles. The third kappa shape index (κ3) is 5.09. The van der Waals surface area contributed by atoms with Crippen LogP contribution >= 0.6 is 15.9 Å². The molecule has 0 saturated heterocycles. The second-order valence-electron chi connectivity index (χ2n) is 4.96. The number of nitrogens with one attached hydrogen (secondary N) is 2. The van der Waals surface area contributed by atoms with E-state index in [0.717, 1.165) is 11.0 Å². The van der Waals surface area contributed by atoms with Crippen LogP contribution < -0.4 is 10.6 Å². The molecule has 0 atom stereocenters. The molecule has 0 aliphatic heterocycles. The standard InChI is InChI=1S/C15H18BrN5O/c1-21(2)10-9-18-15-17-8-7-13(20-15)14(22)19-12-5-3-11(16)4-6-12/h3-8H,9-10H2,1-2H3,(H,19,22)(H,17,18,20). The first-order valence-electron chi connectivity index (χ1n) is 6.83. The molecule has 2 rings (SSSR count). The molecule has 0 aliphatic carbocycles. The van der Waals surface area contributed by atoms with Crippen molar-refractivity contribution in [2.24, 2.45) is 0 Å². The van der Waals surface area contributed by atoms with E-state index in [0.29, 0.717) is 23.9 Å². The van der Waals surface area contributed by atoms with Crippen molar-refractivity contribution >= 4 is 33.5 Å². The van der Waals surface area contributed by atoms with Gasteiger partial charge in [0.25, 0.3) is 5.91 Å². The van der Waals surface area contributed by atoms with Crippen LogP contribution in [0.1, 0.15) is 10.5 Å². The predicted molar refractivity (Wildman–Crippen MR) is 91.2 cm³/mol. The largest absolute Gasteiger partial charge is 0.353 e. The maximum atomic E-state index is 12.2. The van der Waals surface area contributed by atoms with Crippen LogP contribution in [-0.2, 0) is 0 Å². The Hall–Kier alpha value is -1.99. The molecule has 116 valence electrons. The fraction of sp³-hybridized carbons (Fsp3) is 0.267. The summed E-state index contributed by atoms with van der Waals surface area (Å²) in [6.07, 6.45) is 1.57. The van der Waals surface area contributed by atoms with Crippen LogP contribution in [0.4, 0.5) is 11.6 Å². The van der Waals surface area contributed by atoms with Gasteiger partial charge in [-0.2, -0.15) is 0 Å². The van der Waals surface area contributed by atoms with Crippen molar-refractivity contribution in [3.8, 4) is 0 Å². The van der Waals surface area contributed by atoms with Gasteiger partial charge >= 0.3 is 0 Å². The zero-order valence-electron chi connectivity index (χ0n) is 12.5. The van der Waals surface area contributed by atoms with Gasteiger partial charge in [0.1, 0.15) is 5.69 Å². The molecule has 2 N–H and O–H groups in total. The number of rotatable bonds is 6. The molecule has 22 heavy (non-hydrogen) atoms. The normalized spacial score (nSPS) is 10.5. The van der Waals surface area contributed by atoms with Crippen LogP contribution in [0.15, 0.2) is 41.0 Å². The van der Waals surface area contributed by atoms with E-state index >= 15 is 0 Å². The Kier molecular flexibility index (Phi) is 5.85. The van der Waals surface area contributed by atoms with Crippen molar-refractivity contribution in [2.45, 2.75) is 0 Å². The molecule has 1 aromatic heterocycles. The van der Waals surface area contributed by atoms with E-state index in [1.165, 1.54) is 0 Å². The maximum Gasteiger partial charge on any atom is 0.274 e. The number of carbonyl (C=O) groups is 1. The molecule has 0 fully saturated rings. The number of benzene rings is 1. The van der Waals surface area contributed by atoms with Crippen molar-refractivity contribution in [3.05, 3.63) is 46.7 Å². The third-order valence-corrected chi connectivity index (χ3v) is 3.36. The monoisotopic (exact) mass is 363 g/mol. The van der Waals surface area contributed by atoms with E-state index in [2.05, 4.69) is 41.4 Å². The number of hydrogen-bond donors (Lipinski definition) is 2. The average Bonchev–Trinajstić information content (AvgIpc) is 2.49. The molecule has 0 radical (unpaired) electrons. The Morgan fingerprint density at radius 1 is 1.23 bits per heavy atom. The van der Waals surface area contributed by atoms with Gasteiger partial charge in [-0.25, -0.2) is 9.97 Å². The molecule has 1 amide bonds. The van der Waals surface area contributed by atoms with Crippen LogP contribution in [0.3, 0.4) is 0 Å². The number of anilines is 2. The Labute approximate surface area is 138 Å². The van der Waals surface area contributed by atoms with Crippen LogP contribution in [0.25, 0.3) is 0 Å². The number of hydrogen-bond acceptors (Lipinski definition) is 5. The summed E-state index contributed by atoms with van der Waals surface area (Å²) in [5.41, 5.74) is 1.04. The minimum absolute atomic E-state index is 0.264. The Bertz CT molecular complexity index is 630. The lowest BCUT2D eigenvalue weighted by Crippen LogP contribution is -2.22. The highest BCUT2D eigenvalue weighted by Crippen LogP contribution is 2.14. The highest BCUT2D eigenvalue weighted by atomic mass is 79.9. The molecule has 0 bridgehead atoms. The van der Waals surface area contributed by atoms with Gasteiger partial charge in [0.2, 0.25) is 5.95 Å². The van der Waals surface area contributed by atoms with E-state index in [1.54, 1.807) is 12.3 Å². The molecule has 6 nitrogen and oxygen atoms in total. The Morgan fingerprint density at radius 2 is 1.95 bits per heavy atom. The Balaban J connectivity index is 1.99. The van der Waals surface area contributed by atoms with Crippen molar-refractivity contribution < 1.29 is 4.79 Å². The minimum atomic E-state index is -0.264. The number of likely N-dealkylation sites (N-methyl/N-ethyl adjacent to an activating group) is 1. The summed E-state index contributed by atoms with van der Waals surface area (Å²) < 4.78 is 0.958. The second-order valence-corrected chi connectivity index (χ2v) is 5.87. The maximum absolute atomic E-state index is 12.2. The smallest absolute Gasteiger partial charge is 0.274 e. The highest BCUT2D eigenvalue weighted by Gasteiger charge is 2.09. The van der Waals surface area contributed by atoms with Gasteiger partial charge in [-0.1, -0.05) is 15.9 Å². The fourth-order valence-corrected chi connectivity index (χ4v) is 1.95. The van der Waals surface area contributed by atoms with Crippen LogP contribution in [0, 0.1) is 0 Å². The van der Waals surface area contributed by atoms with Gasteiger partial charge < -0.3 is 15.5 Å². The van der Waals surface area contributed by atoms with Gasteiger partial charge in [-0.3, -0.25) is 4.79 Å². The lowest BCUT2D eigenvalue weighted by Gasteiger charge is -2.10. The highest BCUT2D eigenvalue weighted by molar-refractivity contribution is 9.10. The van der Waals surface area contributed by atoms with Crippen molar-refractivity contribution in [1.82, 2.24) is 14.9 Å². The summed E-state index contributed by atoms with van der Waals surface area (Å²) in [4.78, 5) is 22.6. The molecule has 0 saturated carbocycles. The van der Waals surface area contributed by atoms with Crippen molar-refractivity contribution in [3.63, 3.8) is 0 Å². The zero-order valence-corrected chi connectivity index (χ0v) is 14.1. The molecular formula is C15H18BrN5O. The van der Waals surface area contributed by atoms with Crippen molar-refractivity contribution in [1.29, 1.82) is 0 Å². The second kappa shape index (κ2) is 7.86. The van der Waals surface area contributed by atoms with E-state index in [1.807, 2.05) is 38.4 Å². The van der Waals surface area contributed by atoms with Gasteiger partial charge in [0, 0.05) is 29.4 Å². The number of nitrogens with zero attached hydrogens (tertiary/aromatic N) is 3. The van der Waals surface area contributed by atoms with E-state index in [9.17, 15) is 4.79 Å². The molecular weight excluding hydrogens is 346 g/mol. The van der Waals surface area contributed by atoms with Crippen LogP contribution in [0.2, 0.25) is 0 Å². The summed E-state index contributed by atoms with van der Waals surface area (Å²) in [6, 6.07) is 8.96. The predicted octanol–water partition coefficient (Wildman–Crippen LogP) is 2.46. The van der Waals surface area contributed by atoms with Gasteiger partial charge in [-0.15, -0.1) is 0 Å². The molecule has 1 aromatic carbocycles. The van der Waals surface area contributed by atoms with Crippen LogP contribution in [-0.4, -0.2) is 48.0 Å². The first-order valence-corrected chi connectivity index (χ1v) is 7.62. The first kappa shape index (κ1) is 16.4. The first-order chi connectivity index (χ1) is 10.5. The Morgan fingerprint density at radius 3 is 2.64 bits per heavy atom. The summed E-state index contributed by atoms with van der Waals surface area (Å²) in [6.45, 7) is 1.57. The number of amides is 1. The summed E-state index contributed by atoms with van der Waals surface area (Å²) in [7, 11) is 3.98. The molecule has 2 aromatic rings. The molecule has 7 heteroatoms. The lowest BCUT2D eigenvalue weighted by molar-refractivity contribution is 0.102. The van der Waals surface area contributed by atoms with Crippen molar-refractivity contribution in [2.75, 3.05) is 37.8 Å². The van der Waals surface area contributed by atoms with Gasteiger partial charge in [0.05, 0.1) is 0 Å².